The molecule has 1 aromatic carbocycles. The van der Waals surface area contributed by atoms with Crippen molar-refractivity contribution in [1.29, 1.82) is 0 Å². The number of methoxy groups -OCH3 is 1. The predicted molar refractivity (Wildman–Crippen MR) is 92.3 cm³/mol. The van der Waals surface area contributed by atoms with Crippen LogP contribution in [0.2, 0.25) is 0 Å². The molecule has 2 aliphatic rings. The Balaban J connectivity index is 1.47. The van der Waals surface area contributed by atoms with Crippen molar-refractivity contribution >= 4 is 11.6 Å². The zero-order chi connectivity index (χ0) is 16.4. The van der Waals surface area contributed by atoms with Crippen LogP contribution in [-0.4, -0.2) is 19.1 Å². The minimum atomic E-state index is 0.148. The highest BCUT2D eigenvalue weighted by molar-refractivity contribution is 5.76. The van der Waals surface area contributed by atoms with Crippen molar-refractivity contribution in [3.63, 3.8) is 0 Å². The molecule has 4 unspecified atom stereocenters. The Labute approximate surface area is 138 Å². The van der Waals surface area contributed by atoms with Gasteiger partial charge >= 0.3 is 0 Å². The molecule has 2 aliphatic carbocycles. The van der Waals surface area contributed by atoms with Crippen LogP contribution in [0.15, 0.2) is 18.2 Å². The van der Waals surface area contributed by atoms with Crippen LogP contribution in [0.25, 0.3) is 0 Å². The molecule has 2 bridgehead atoms. The first-order valence-electron chi connectivity index (χ1n) is 8.78. The lowest BCUT2D eigenvalue weighted by Crippen LogP contribution is -2.40. The summed E-state index contributed by atoms with van der Waals surface area (Å²) in [5.41, 5.74) is 7.61. The lowest BCUT2D eigenvalue weighted by atomic mass is 9.84. The van der Waals surface area contributed by atoms with E-state index in [-0.39, 0.29) is 5.91 Å². The van der Waals surface area contributed by atoms with Gasteiger partial charge in [-0.2, -0.15) is 0 Å². The molecule has 23 heavy (non-hydrogen) atoms. The Hall–Kier alpha value is -1.71. The van der Waals surface area contributed by atoms with Gasteiger partial charge in [0.1, 0.15) is 5.75 Å². The normalized spacial score (nSPS) is 27.0. The third kappa shape index (κ3) is 3.62. The standard InChI is InChI=1S/C19H28N2O2/c1-12(16-10-14-3-6-15(16)9-14)21-19(22)8-5-13-4-7-18(23-2)17(20)11-13/h4,7,11-12,14-16H,3,5-6,8-10,20H2,1-2H3,(H,21,22). The second kappa shape index (κ2) is 6.81. The average molecular weight is 316 g/mol. The molecule has 0 heterocycles. The number of aryl methyl sites for hydroxylation is 1. The van der Waals surface area contributed by atoms with E-state index in [1.54, 1.807) is 7.11 Å². The number of amides is 1. The highest BCUT2D eigenvalue weighted by Gasteiger charge is 2.42. The van der Waals surface area contributed by atoms with E-state index >= 15 is 0 Å². The average Bonchev–Trinajstić information content (AvgIpc) is 3.16. The number of hydrogen-bond donors (Lipinski definition) is 2. The number of nitrogens with two attached hydrogens (primary N) is 1. The largest absolute Gasteiger partial charge is 0.495 e. The van der Waals surface area contributed by atoms with Crippen molar-refractivity contribution in [3.8, 4) is 5.75 Å². The van der Waals surface area contributed by atoms with Gasteiger partial charge in [0.15, 0.2) is 0 Å². The van der Waals surface area contributed by atoms with Crippen molar-refractivity contribution in [1.82, 2.24) is 5.32 Å². The topological polar surface area (TPSA) is 64.3 Å². The third-order valence-electron chi connectivity index (χ3n) is 5.76. The zero-order valence-corrected chi connectivity index (χ0v) is 14.2. The first-order valence-corrected chi connectivity index (χ1v) is 8.78. The molecule has 126 valence electrons. The van der Waals surface area contributed by atoms with Crippen molar-refractivity contribution in [2.45, 2.75) is 51.5 Å². The van der Waals surface area contributed by atoms with E-state index < -0.39 is 0 Å². The second-order valence-corrected chi connectivity index (χ2v) is 7.27. The number of nitrogens with one attached hydrogen (secondary N) is 1. The maximum absolute atomic E-state index is 12.2. The molecule has 3 rings (SSSR count). The molecule has 2 saturated carbocycles. The molecule has 1 aromatic rings. The number of benzene rings is 1. The molecular formula is C19H28N2O2. The number of carbonyl (C=O) groups excluding carboxylic acids is 1. The molecule has 0 aliphatic heterocycles. The van der Waals surface area contributed by atoms with Gasteiger partial charge in [0.05, 0.1) is 12.8 Å². The van der Waals surface area contributed by atoms with Crippen LogP contribution in [0, 0.1) is 17.8 Å². The number of ether oxygens (including phenoxy) is 1. The zero-order valence-electron chi connectivity index (χ0n) is 14.2. The number of anilines is 1. The quantitative estimate of drug-likeness (QED) is 0.792. The molecule has 0 saturated heterocycles. The number of rotatable bonds is 6. The van der Waals surface area contributed by atoms with Crippen LogP contribution in [0.4, 0.5) is 5.69 Å². The highest BCUT2D eigenvalue weighted by atomic mass is 16.5. The number of nitrogen functional groups attached to an aromatic ring is 1. The monoisotopic (exact) mass is 316 g/mol. The summed E-state index contributed by atoms with van der Waals surface area (Å²) < 4.78 is 5.16. The van der Waals surface area contributed by atoms with Gasteiger partial charge in [-0.25, -0.2) is 0 Å². The molecule has 3 N–H and O–H groups in total. The molecule has 0 aromatic heterocycles. The fourth-order valence-electron chi connectivity index (χ4n) is 4.54. The van der Waals surface area contributed by atoms with Gasteiger partial charge in [-0.05, 0) is 68.1 Å². The van der Waals surface area contributed by atoms with Gasteiger partial charge in [0, 0.05) is 12.5 Å². The van der Waals surface area contributed by atoms with Crippen molar-refractivity contribution < 1.29 is 9.53 Å². The highest BCUT2D eigenvalue weighted by Crippen LogP contribution is 2.49. The summed E-state index contributed by atoms with van der Waals surface area (Å²) in [6.45, 7) is 2.18. The Kier molecular flexibility index (Phi) is 4.79. The number of carbonyl (C=O) groups is 1. The molecule has 4 heteroatoms. The van der Waals surface area contributed by atoms with E-state index in [2.05, 4.69) is 12.2 Å². The lowest BCUT2D eigenvalue weighted by molar-refractivity contribution is -0.122. The van der Waals surface area contributed by atoms with E-state index in [1.807, 2.05) is 18.2 Å². The first-order chi connectivity index (χ1) is 11.1. The van der Waals surface area contributed by atoms with E-state index in [0.29, 0.717) is 36.2 Å². The van der Waals surface area contributed by atoms with Gasteiger partial charge in [0.2, 0.25) is 5.91 Å². The van der Waals surface area contributed by atoms with E-state index in [0.717, 1.165) is 17.4 Å². The van der Waals surface area contributed by atoms with Crippen LogP contribution < -0.4 is 15.8 Å². The van der Waals surface area contributed by atoms with Crippen LogP contribution >= 0.6 is 0 Å². The maximum Gasteiger partial charge on any atom is 0.220 e. The van der Waals surface area contributed by atoms with E-state index in [9.17, 15) is 4.79 Å². The minimum Gasteiger partial charge on any atom is -0.495 e. The van der Waals surface area contributed by atoms with Crippen LogP contribution in [-0.2, 0) is 11.2 Å². The van der Waals surface area contributed by atoms with Gasteiger partial charge in [0.25, 0.3) is 0 Å². The summed E-state index contributed by atoms with van der Waals surface area (Å²) in [5, 5.41) is 3.22. The van der Waals surface area contributed by atoms with E-state index in [4.69, 9.17) is 10.5 Å². The first kappa shape index (κ1) is 16.2. The number of hydrogen-bond acceptors (Lipinski definition) is 3. The minimum absolute atomic E-state index is 0.148. The van der Waals surface area contributed by atoms with Crippen LogP contribution in [0.1, 0.15) is 44.6 Å². The molecule has 2 fully saturated rings. The summed E-state index contributed by atoms with van der Waals surface area (Å²) in [5.74, 6) is 3.29. The van der Waals surface area contributed by atoms with E-state index in [1.165, 1.54) is 25.7 Å². The molecule has 4 nitrogen and oxygen atoms in total. The Morgan fingerprint density at radius 1 is 1.39 bits per heavy atom. The molecular weight excluding hydrogens is 288 g/mol. The fraction of sp³-hybridized carbons (Fsp3) is 0.632. The van der Waals surface area contributed by atoms with Gasteiger partial charge < -0.3 is 15.8 Å². The molecule has 4 atom stereocenters. The lowest BCUT2D eigenvalue weighted by Gasteiger charge is -2.28. The maximum atomic E-state index is 12.2. The molecule has 0 spiro atoms. The summed E-state index contributed by atoms with van der Waals surface area (Å²) in [6, 6.07) is 6.03. The third-order valence-corrected chi connectivity index (χ3v) is 5.76. The molecule has 0 radical (unpaired) electrons. The summed E-state index contributed by atoms with van der Waals surface area (Å²) in [6.07, 6.45) is 6.68. The SMILES string of the molecule is COc1ccc(CCC(=O)NC(C)C2CC3CCC2C3)cc1N. The summed E-state index contributed by atoms with van der Waals surface area (Å²) in [7, 11) is 1.61. The predicted octanol–water partition coefficient (Wildman–Crippen LogP) is 3.15. The van der Waals surface area contributed by atoms with Gasteiger partial charge in [-0.3, -0.25) is 4.79 Å². The fourth-order valence-corrected chi connectivity index (χ4v) is 4.54. The van der Waals surface area contributed by atoms with Crippen LogP contribution in [0.3, 0.4) is 0 Å². The smallest absolute Gasteiger partial charge is 0.220 e. The van der Waals surface area contributed by atoms with Crippen molar-refractivity contribution in [2.24, 2.45) is 17.8 Å². The van der Waals surface area contributed by atoms with Gasteiger partial charge in [-0.1, -0.05) is 12.5 Å². The summed E-state index contributed by atoms with van der Waals surface area (Å²) in [4.78, 5) is 12.2. The Bertz CT molecular complexity index is 572. The van der Waals surface area contributed by atoms with Crippen molar-refractivity contribution in [3.05, 3.63) is 23.8 Å². The Morgan fingerprint density at radius 3 is 2.83 bits per heavy atom. The second-order valence-electron chi connectivity index (χ2n) is 7.27. The van der Waals surface area contributed by atoms with Crippen molar-refractivity contribution in [2.75, 3.05) is 12.8 Å². The van der Waals surface area contributed by atoms with Gasteiger partial charge in [-0.15, -0.1) is 0 Å². The summed E-state index contributed by atoms with van der Waals surface area (Å²) >= 11 is 0. The number of fused-ring (bicyclic) bond motifs is 2. The Morgan fingerprint density at radius 2 is 2.22 bits per heavy atom. The van der Waals surface area contributed by atoms with Crippen LogP contribution in [0.5, 0.6) is 5.75 Å². The molecule has 1 amide bonds.